The van der Waals surface area contributed by atoms with Gasteiger partial charge in [-0.2, -0.15) is 0 Å². The number of carboxylic acids is 1. The van der Waals surface area contributed by atoms with Crippen LogP contribution in [0.2, 0.25) is 0 Å². The maximum atomic E-state index is 13.2. The molecule has 0 unspecified atom stereocenters. The molecule has 0 aliphatic carbocycles. The molecule has 3 aromatic rings. The molecule has 0 bridgehead atoms. The van der Waals surface area contributed by atoms with Gasteiger partial charge in [0, 0.05) is 37.5 Å². The van der Waals surface area contributed by atoms with Crippen LogP contribution in [0.15, 0.2) is 57.9 Å². The molecule has 8 N–H and O–H groups in total. The van der Waals surface area contributed by atoms with Crippen LogP contribution in [0.1, 0.15) is 27.0 Å². The van der Waals surface area contributed by atoms with Crippen LogP contribution < -0.4 is 27.6 Å². The Bertz CT molecular complexity index is 1330. The smallest absolute Gasteiger partial charge is 0.335 e. The van der Waals surface area contributed by atoms with Gasteiger partial charge in [0.1, 0.15) is 23.5 Å². The van der Waals surface area contributed by atoms with E-state index in [4.69, 9.17) is 21.3 Å². The molecule has 2 aromatic carbocycles. The third-order valence-corrected chi connectivity index (χ3v) is 4.99. The first-order chi connectivity index (χ1) is 16.5. The number of benzene rings is 2. The highest BCUT2D eigenvalue weighted by molar-refractivity contribution is 5.95. The SMILES string of the molecule is CN(C)Nc1coc(-c2cc(N)cc(C(=O)O)c2)c(CC(=O)NCc2ccc(C(=N)N)cc2)c1=O. The van der Waals surface area contributed by atoms with Gasteiger partial charge in [-0.15, -0.1) is 0 Å². The van der Waals surface area contributed by atoms with Crippen molar-refractivity contribution in [1.82, 2.24) is 10.3 Å². The topological polar surface area (TPSA) is 188 Å². The Morgan fingerprint density at radius 1 is 1.11 bits per heavy atom. The van der Waals surface area contributed by atoms with E-state index in [2.05, 4.69) is 10.7 Å². The average Bonchev–Trinajstić information content (AvgIpc) is 2.80. The summed E-state index contributed by atoms with van der Waals surface area (Å²) >= 11 is 0. The zero-order chi connectivity index (χ0) is 25.7. The minimum absolute atomic E-state index is 0.0446. The number of carbonyl (C=O) groups is 2. The van der Waals surface area contributed by atoms with Crippen molar-refractivity contribution >= 4 is 29.1 Å². The summed E-state index contributed by atoms with van der Waals surface area (Å²) in [4.78, 5) is 37.5. The molecule has 1 amide bonds. The number of nitrogen functional groups attached to an aromatic ring is 2. The van der Waals surface area contributed by atoms with Gasteiger partial charge in [0.2, 0.25) is 11.3 Å². The maximum absolute atomic E-state index is 13.2. The second-order valence-electron chi connectivity index (χ2n) is 8.01. The first-order valence-corrected chi connectivity index (χ1v) is 10.5. The van der Waals surface area contributed by atoms with Gasteiger partial charge in [0.25, 0.3) is 0 Å². The summed E-state index contributed by atoms with van der Waals surface area (Å²) in [5, 5.41) is 21.1. The molecule has 0 saturated heterocycles. The highest BCUT2D eigenvalue weighted by Gasteiger charge is 2.20. The van der Waals surface area contributed by atoms with E-state index >= 15 is 0 Å². The minimum atomic E-state index is -1.19. The molecule has 182 valence electrons. The number of hydrogen-bond donors (Lipinski definition) is 6. The van der Waals surface area contributed by atoms with Gasteiger partial charge in [0.05, 0.1) is 17.5 Å². The number of hydrogen-bond acceptors (Lipinski definition) is 8. The molecular formula is C24H26N6O5. The molecule has 11 heteroatoms. The number of anilines is 2. The number of amidine groups is 1. The maximum Gasteiger partial charge on any atom is 0.335 e. The number of hydrazine groups is 1. The van der Waals surface area contributed by atoms with Crippen LogP contribution >= 0.6 is 0 Å². The van der Waals surface area contributed by atoms with E-state index in [0.717, 1.165) is 5.56 Å². The molecule has 0 spiro atoms. The summed E-state index contributed by atoms with van der Waals surface area (Å²) in [6.07, 6.45) is 0.891. The number of nitrogens with two attached hydrogens (primary N) is 2. The van der Waals surface area contributed by atoms with Crippen molar-refractivity contribution < 1.29 is 19.1 Å². The first-order valence-electron chi connectivity index (χ1n) is 10.5. The van der Waals surface area contributed by atoms with E-state index in [0.29, 0.717) is 5.56 Å². The van der Waals surface area contributed by atoms with Gasteiger partial charge < -0.3 is 31.7 Å². The largest absolute Gasteiger partial charge is 0.478 e. The first kappa shape index (κ1) is 25.0. The molecule has 11 nitrogen and oxygen atoms in total. The van der Waals surface area contributed by atoms with Crippen LogP contribution in [-0.2, 0) is 17.8 Å². The van der Waals surface area contributed by atoms with Crippen LogP contribution in [0.4, 0.5) is 11.4 Å². The van der Waals surface area contributed by atoms with Crippen LogP contribution in [0.3, 0.4) is 0 Å². The van der Waals surface area contributed by atoms with Crippen molar-refractivity contribution in [2.45, 2.75) is 13.0 Å². The summed E-state index contributed by atoms with van der Waals surface area (Å²) in [6, 6.07) is 10.9. The van der Waals surface area contributed by atoms with Gasteiger partial charge in [0.15, 0.2) is 0 Å². The average molecular weight is 479 g/mol. The summed E-state index contributed by atoms with van der Waals surface area (Å²) in [5.41, 5.74) is 15.5. The highest BCUT2D eigenvalue weighted by atomic mass is 16.4. The van der Waals surface area contributed by atoms with E-state index < -0.39 is 17.3 Å². The lowest BCUT2D eigenvalue weighted by Crippen LogP contribution is -2.30. The molecule has 0 saturated carbocycles. The molecule has 0 fully saturated rings. The van der Waals surface area contributed by atoms with Crippen LogP contribution in [0, 0.1) is 5.41 Å². The number of nitrogens with one attached hydrogen (secondary N) is 3. The molecular weight excluding hydrogens is 452 g/mol. The van der Waals surface area contributed by atoms with Gasteiger partial charge in [-0.05, 0) is 23.8 Å². The second-order valence-corrected chi connectivity index (χ2v) is 8.01. The van der Waals surface area contributed by atoms with Gasteiger partial charge in [-0.1, -0.05) is 24.3 Å². The highest BCUT2D eigenvalue weighted by Crippen LogP contribution is 2.27. The second kappa shape index (κ2) is 10.5. The normalized spacial score (nSPS) is 10.7. The standard InChI is InChI=1S/C24H26N6O5/c1-30(2)29-19-12-35-22(15-7-16(24(33)34)9-17(25)8-15)18(21(19)32)10-20(31)28-11-13-3-5-14(6-4-13)23(26)27/h3-9,12,29H,10-11,25H2,1-2H3,(H3,26,27)(H,28,31)(H,33,34). The van der Waals surface area contributed by atoms with Gasteiger partial charge in [-0.25, -0.2) is 9.80 Å². The number of amides is 1. The van der Waals surface area contributed by atoms with Gasteiger partial charge >= 0.3 is 5.97 Å². The summed E-state index contributed by atoms with van der Waals surface area (Å²) < 4.78 is 5.70. The quantitative estimate of drug-likeness (QED) is 0.115. The van der Waals surface area contributed by atoms with E-state index in [1.165, 1.54) is 24.5 Å². The fourth-order valence-corrected chi connectivity index (χ4v) is 3.36. The molecule has 35 heavy (non-hydrogen) atoms. The number of nitrogens with zero attached hydrogens (tertiary/aromatic N) is 1. The zero-order valence-corrected chi connectivity index (χ0v) is 19.2. The predicted octanol–water partition coefficient (Wildman–Crippen LogP) is 1.62. The summed E-state index contributed by atoms with van der Waals surface area (Å²) in [6.45, 7) is 0.189. The third-order valence-electron chi connectivity index (χ3n) is 4.99. The summed E-state index contributed by atoms with van der Waals surface area (Å²) in [5.74, 6) is -1.64. The van der Waals surface area contributed by atoms with E-state index in [9.17, 15) is 19.5 Å². The number of rotatable bonds is 9. The van der Waals surface area contributed by atoms with Crippen molar-refractivity contribution in [3.05, 3.63) is 81.2 Å². The molecule has 1 aromatic heterocycles. The van der Waals surface area contributed by atoms with E-state index in [1.807, 2.05) is 0 Å². The lowest BCUT2D eigenvalue weighted by molar-refractivity contribution is -0.120. The molecule has 0 aliphatic heterocycles. The Labute approximate surface area is 200 Å². The molecule has 0 radical (unpaired) electrons. The fourth-order valence-electron chi connectivity index (χ4n) is 3.36. The Balaban J connectivity index is 1.92. The van der Waals surface area contributed by atoms with Crippen molar-refractivity contribution in [2.75, 3.05) is 25.3 Å². The van der Waals surface area contributed by atoms with Crippen molar-refractivity contribution in [3.8, 4) is 11.3 Å². The zero-order valence-electron chi connectivity index (χ0n) is 19.2. The minimum Gasteiger partial charge on any atom is -0.478 e. The Morgan fingerprint density at radius 3 is 2.40 bits per heavy atom. The van der Waals surface area contributed by atoms with E-state index in [1.54, 1.807) is 43.4 Å². The fraction of sp³-hybridized carbons (Fsp3) is 0.167. The summed E-state index contributed by atoms with van der Waals surface area (Å²) in [7, 11) is 3.38. The Hall–Kier alpha value is -4.64. The predicted molar refractivity (Wildman–Crippen MR) is 132 cm³/mol. The molecule has 0 atom stereocenters. The number of carboxylic acid groups (broad SMARTS) is 1. The monoisotopic (exact) mass is 478 g/mol. The lowest BCUT2D eigenvalue weighted by atomic mass is 10.0. The number of carbonyl (C=O) groups excluding carboxylic acids is 1. The van der Waals surface area contributed by atoms with Crippen molar-refractivity contribution in [1.29, 1.82) is 5.41 Å². The van der Waals surface area contributed by atoms with Gasteiger partial charge in [-0.3, -0.25) is 15.0 Å². The molecule has 3 rings (SSSR count). The van der Waals surface area contributed by atoms with Crippen molar-refractivity contribution in [2.24, 2.45) is 5.73 Å². The van der Waals surface area contributed by atoms with Crippen molar-refractivity contribution in [3.63, 3.8) is 0 Å². The van der Waals surface area contributed by atoms with E-state index in [-0.39, 0.29) is 52.6 Å². The van der Waals surface area contributed by atoms with Crippen LogP contribution in [0.25, 0.3) is 11.3 Å². The molecule has 1 heterocycles. The third kappa shape index (κ3) is 6.24. The van der Waals surface area contributed by atoms with Crippen LogP contribution in [-0.4, -0.2) is 41.9 Å². The molecule has 0 aliphatic rings. The number of aromatic carboxylic acids is 1. The lowest BCUT2D eigenvalue weighted by Gasteiger charge is -2.15. The Kier molecular flexibility index (Phi) is 7.52. The Morgan fingerprint density at radius 2 is 1.80 bits per heavy atom. The van der Waals surface area contributed by atoms with Crippen LogP contribution in [0.5, 0.6) is 0 Å².